The Labute approximate surface area is 140 Å². The molecule has 1 aromatic rings. The number of aliphatic hydroxyl groups is 1. The molecule has 9 heteroatoms. The molecule has 2 rings (SSSR count). The molecule has 0 heterocycles. The lowest BCUT2D eigenvalue weighted by Crippen LogP contribution is -2.25. The summed E-state index contributed by atoms with van der Waals surface area (Å²) in [4.78, 5) is -0.468. The molecule has 1 aromatic carbocycles. The van der Waals surface area contributed by atoms with Gasteiger partial charge in [-0.25, -0.2) is 8.42 Å². The van der Waals surface area contributed by atoms with Gasteiger partial charge in [-0.2, -0.15) is 0 Å². The monoisotopic (exact) mass is 416 g/mol. The molecule has 1 saturated carbocycles. The molecule has 0 saturated heterocycles. The Morgan fingerprint density at radius 1 is 1.22 bits per heavy atom. The van der Waals surface area contributed by atoms with Crippen LogP contribution in [0.3, 0.4) is 0 Å². The molecular weight excluding hydrogens is 401 g/mol. The van der Waals surface area contributed by atoms with Crippen LogP contribution in [0.4, 0.5) is 13.2 Å². The van der Waals surface area contributed by atoms with Gasteiger partial charge in [0.15, 0.2) is 9.84 Å². The summed E-state index contributed by atoms with van der Waals surface area (Å²) in [7, 11) is -3.92. The molecule has 23 heavy (non-hydrogen) atoms. The van der Waals surface area contributed by atoms with Crippen LogP contribution in [0.5, 0.6) is 5.75 Å². The minimum atomic E-state index is -4.97. The zero-order valence-electron chi connectivity index (χ0n) is 12.0. The maximum atomic E-state index is 12.5. The van der Waals surface area contributed by atoms with Gasteiger partial charge in [0.2, 0.25) is 0 Å². The van der Waals surface area contributed by atoms with E-state index in [1.165, 1.54) is 6.07 Å². The number of halogens is 4. The molecule has 4 nitrogen and oxygen atoms in total. The van der Waals surface area contributed by atoms with E-state index in [4.69, 9.17) is 0 Å². The highest BCUT2D eigenvalue weighted by molar-refractivity contribution is 9.10. The molecule has 0 bridgehead atoms. The van der Waals surface area contributed by atoms with Crippen molar-refractivity contribution < 1.29 is 31.4 Å². The number of ether oxygens (including phenoxy) is 1. The average molecular weight is 417 g/mol. The largest absolute Gasteiger partial charge is 0.573 e. The summed E-state index contributed by atoms with van der Waals surface area (Å²) in [6, 6.07) is 3.46. The van der Waals surface area contributed by atoms with E-state index in [9.17, 15) is 26.7 Å². The highest BCUT2D eigenvalue weighted by Gasteiger charge is 2.35. The molecule has 1 aliphatic carbocycles. The minimum Gasteiger partial charge on any atom is -0.404 e. The molecule has 0 radical (unpaired) electrons. The van der Waals surface area contributed by atoms with Gasteiger partial charge in [0.1, 0.15) is 10.6 Å². The van der Waals surface area contributed by atoms with Crippen LogP contribution in [0.2, 0.25) is 0 Å². The van der Waals surface area contributed by atoms with E-state index in [1.54, 1.807) is 0 Å². The van der Waals surface area contributed by atoms with Crippen molar-refractivity contribution >= 4 is 25.8 Å². The Bertz CT molecular complexity index is 652. The third kappa shape index (κ3) is 5.36. The fourth-order valence-corrected chi connectivity index (χ4v) is 4.81. The van der Waals surface area contributed by atoms with E-state index in [1.807, 2.05) is 0 Å². The summed E-state index contributed by atoms with van der Waals surface area (Å²) in [5, 5.41) is 9.44. The van der Waals surface area contributed by atoms with E-state index >= 15 is 0 Å². The van der Waals surface area contributed by atoms with Crippen LogP contribution >= 0.6 is 15.9 Å². The minimum absolute atomic E-state index is 0.175. The van der Waals surface area contributed by atoms with Gasteiger partial charge in [-0.15, -0.1) is 13.2 Å². The van der Waals surface area contributed by atoms with Gasteiger partial charge < -0.3 is 9.84 Å². The van der Waals surface area contributed by atoms with E-state index < -0.39 is 32.9 Å². The molecule has 0 unspecified atom stereocenters. The molecule has 1 aliphatic rings. The van der Waals surface area contributed by atoms with Gasteiger partial charge in [-0.3, -0.25) is 0 Å². The number of hydrogen-bond acceptors (Lipinski definition) is 4. The van der Waals surface area contributed by atoms with Crippen LogP contribution < -0.4 is 4.74 Å². The third-order valence-electron chi connectivity index (χ3n) is 3.74. The van der Waals surface area contributed by atoms with Crippen LogP contribution in [0.15, 0.2) is 27.6 Å². The van der Waals surface area contributed by atoms with Gasteiger partial charge in [-0.1, -0.05) is 15.9 Å². The smallest absolute Gasteiger partial charge is 0.404 e. The molecule has 0 atom stereocenters. The molecule has 1 fully saturated rings. The Morgan fingerprint density at radius 3 is 2.39 bits per heavy atom. The molecule has 0 aliphatic heterocycles. The van der Waals surface area contributed by atoms with Crippen LogP contribution in [-0.4, -0.2) is 31.7 Å². The SMILES string of the molecule is O=S(=O)(CC1CCC(O)CC1)c1ccc(Br)cc1OC(F)(F)F. The zero-order chi connectivity index (χ0) is 17.3. The van der Waals surface area contributed by atoms with Gasteiger partial charge in [-0.05, 0) is 49.8 Å². The van der Waals surface area contributed by atoms with Crippen molar-refractivity contribution in [2.45, 2.75) is 43.0 Å². The van der Waals surface area contributed by atoms with Crippen molar-refractivity contribution in [3.05, 3.63) is 22.7 Å². The zero-order valence-corrected chi connectivity index (χ0v) is 14.4. The molecule has 130 valence electrons. The number of sulfone groups is 1. The van der Waals surface area contributed by atoms with Crippen molar-refractivity contribution in [1.82, 2.24) is 0 Å². The first-order chi connectivity index (χ1) is 10.6. The van der Waals surface area contributed by atoms with Crippen molar-refractivity contribution in [1.29, 1.82) is 0 Å². The highest BCUT2D eigenvalue weighted by Crippen LogP contribution is 2.35. The number of hydrogen-bond donors (Lipinski definition) is 1. The summed E-state index contributed by atoms with van der Waals surface area (Å²) in [5.41, 5.74) is 0. The average Bonchev–Trinajstić information content (AvgIpc) is 2.39. The summed E-state index contributed by atoms with van der Waals surface area (Å²) in [6.07, 6.45) is -3.32. The Kier molecular flexibility index (Phi) is 5.63. The van der Waals surface area contributed by atoms with Crippen LogP contribution in [0.25, 0.3) is 0 Å². The van der Waals surface area contributed by atoms with E-state index in [0.29, 0.717) is 25.7 Å². The lowest BCUT2D eigenvalue weighted by atomic mass is 9.89. The summed E-state index contributed by atoms with van der Waals surface area (Å²) in [6.45, 7) is 0. The van der Waals surface area contributed by atoms with Crippen molar-refractivity contribution in [3.8, 4) is 5.75 Å². The lowest BCUT2D eigenvalue weighted by molar-refractivity contribution is -0.275. The van der Waals surface area contributed by atoms with Gasteiger partial charge >= 0.3 is 6.36 Å². The van der Waals surface area contributed by atoms with Crippen molar-refractivity contribution in [3.63, 3.8) is 0 Å². The number of aliphatic hydroxyl groups excluding tert-OH is 1. The third-order valence-corrected chi connectivity index (χ3v) is 6.15. The maximum Gasteiger partial charge on any atom is 0.573 e. The van der Waals surface area contributed by atoms with E-state index in [0.717, 1.165) is 12.1 Å². The first kappa shape index (κ1) is 18.5. The number of rotatable bonds is 4. The van der Waals surface area contributed by atoms with Crippen LogP contribution in [0, 0.1) is 5.92 Å². The predicted molar refractivity (Wildman–Crippen MR) is 80.8 cm³/mol. The number of alkyl halides is 3. The fraction of sp³-hybridized carbons (Fsp3) is 0.571. The van der Waals surface area contributed by atoms with Gasteiger partial charge in [0, 0.05) is 4.47 Å². The predicted octanol–water partition coefficient (Wildman–Crippen LogP) is 3.67. The van der Waals surface area contributed by atoms with E-state index in [-0.39, 0.29) is 16.1 Å². The standard InChI is InChI=1S/C14H16BrF3O4S/c15-10-3-6-13(12(7-10)22-14(16,17)18)23(20,21)8-9-1-4-11(19)5-2-9/h3,6-7,9,11,19H,1-2,4-5,8H2. The molecular formula is C14H16BrF3O4S. The van der Waals surface area contributed by atoms with E-state index in [2.05, 4.69) is 20.7 Å². The first-order valence-electron chi connectivity index (χ1n) is 7.03. The molecule has 0 spiro atoms. The van der Waals surface area contributed by atoms with Crippen LogP contribution in [-0.2, 0) is 9.84 Å². The summed E-state index contributed by atoms with van der Waals surface area (Å²) >= 11 is 3.01. The fourth-order valence-electron chi connectivity index (χ4n) is 2.65. The molecule has 0 aromatic heterocycles. The second kappa shape index (κ2) is 6.98. The van der Waals surface area contributed by atoms with Crippen molar-refractivity contribution in [2.24, 2.45) is 5.92 Å². The maximum absolute atomic E-state index is 12.5. The quantitative estimate of drug-likeness (QED) is 0.812. The summed E-state index contributed by atoms with van der Waals surface area (Å²) < 4.78 is 66.5. The van der Waals surface area contributed by atoms with Gasteiger partial charge in [0.05, 0.1) is 11.9 Å². The number of benzene rings is 1. The second-order valence-electron chi connectivity index (χ2n) is 5.59. The highest BCUT2D eigenvalue weighted by atomic mass is 79.9. The molecule has 0 amide bonds. The molecule has 1 N–H and O–H groups in total. The second-order valence-corrected chi connectivity index (χ2v) is 8.51. The van der Waals surface area contributed by atoms with Gasteiger partial charge in [0.25, 0.3) is 0 Å². The van der Waals surface area contributed by atoms with Crippen molar-refractivity contribution in [2.75, 3.05) is 5.75 Å². The first-order valence-corrected chi connectivity index (χ1v) is 9.47. The Morgan fingerprint density at radius 2 is 1.83 bits per heavy atom. The summed E-state index contributed by atoms with van der Waals surface area (Å²) in [5.74, 6) is -1.16. The Balaban J connectivity index is 2.25. The topological polar surface area (TPSA) is 63.6 Å². The lowest BCUT2D eigenvalue weighted by Gasteiger charge is -2.25. The normalized spacial score (nSPS) is 22.8. The van der Waals surface area contributed by atoms with Crippen LogP contribution in [0.1, 0.15) is 25.7 Å². The Hall–Kier alpha value is -0.800.